The van der Waals surface area contributed by atoms with Crippen molar-refractivity contribution in [1.82, 2.24) is 0 Å². The van der Waals surface area contributed by atoms with E-state index in [2.05, 4.69) is 0 Å². The molecule has 2 unspecified atom stereocenters. The van der Waals surface area contributed by atoms with Gasteiger partial charge >= 0.3 is 0 Å². The molecule has 0 aromatic rings. The van der Waals surface area contributed by atoms with Gasteiger partial charge in [0.2, 0.25) is 0 Å². The van der Waals surface area contributed by atoms with Gasteiger partial charge in [-0.05, 0) is 25.5 Å². The van der Waals surface area contributed by atoms with E-state index in [1.165, 1.54) is 6.08 Å². The van der Waals surface area contributed by atoms with E-state index in [9.17, 15) is 14.7 Å². The third kappa shape index (κ3) is 1.54. The third-order valence-corrected chi connectivity index (χ3v) is 2.40. The standard InChI is InChI=1S/C10H12O3/c1-7-3-8(5-11)10(2,6-12)4-9(7)13/h3-6,8,13H,1-2H3. The number of carbonyl (C=O) groups is 2. The van der Waals surface area contributed by atoms with Gasteiger partial charge in [0.25, 0.3) is 0 Å². The Kier molecular flexibility index (Phi) is 2.36. The molecule has 0 aromatic heterocycles. The number of allylic oxidation sites excluding steroid dienone is 3. The van der Waals surface area contributed by atoms with E-state index in [1.807, 2.05) is 0 Å². The van der Waals surface area contributed by atoms with Gasteiger partial charge in [-0.25, -0.2) is 0 Å². The highest BCUT2D eigenvalue weighted by molar-refractivity contribution is 5.74. The van der Waals surface area contributed by atoms with Crippen LogP contribution in [0.1, 0.15) is 13.8 Å². The minimum absolute atomic E-state index is 0.0766. The molecule has 1 rings (SSSR count). The van der Waals surface area contributed by atoms with Gasteiger partial charge in [0.05, 0.1) is 5.41 Å². The minimum atomic E-state index is -0.897. The van der Waals surface area contributed by atoms with Crippen molar-refractivity contribution in [2.45, 2.75) is 13.8 Å². The van der Waals surface area contributed by atoms with Crippen LogP contribution in [0, 0.1) is 11.3 Å². The highest BCUT2D eigenvalue weighted by atomic mass is 16.3. The summed E-state index contributed by atoms with van der Waals surface area (Å²) in [4.78, 5) is 21.4. The van der Waals surface area contributed by atoms with Crippen LogP contribution in [0.25, 0.3) is 0 Å². The van der Waals surface area contributed by atoms with Crippen LogP contribution < -0.4 is 0 Å². The van der Waals surface area contributed by atoms with Crippen LogP contribution in [0.2, 0.25) is 0 Å². The number of aliphatic hydroxyl groups is 1. The predicted octanol–water partition coefficient (Wildman–Crippen LogP) is 1.41. The molecule has 0 aromatic carbocycles. The van der Waals surface area contributed by atoms with Crippen molar-refractivity contribution in [2.75, 3.05) is 0 Å². The number of hydrogen-bond donors (Lipinski definition) is 1. The molecule has 0 radical (unpaired) electrons. The number of carbonyl (C=O) groups excluding carboxylic acids is 2. The van der Waals surface area contributed by atoms with Crippen LogP contribution >= 0.6 is 0 Å². The average molecular weight is 180 g/mol. The molecular weight excluding hydrogens is 168 g/mol. The fraction of sp³-hybridized carbons (Fsp3) is 0.400. The smallest absolute Gasteiger partial charge is 0.130 e. The van der Waals surface area contributed by atoms with Crippen molar-refractivity contribution in [3.05, 3.63) is 23.5 Å². The zero-order valence-corrected chi connectivity index (χ0v) is 7.65. The Morgan fingerprint density at radius 3 is 2.62 bits per heavy atom. The van der Waals surface area contributed by atoms with Crippen molar-refractivity contribution in [3.8, 4) is 0 Å². The van der Waals surface area contributed by atoms with Crippen LogP contribution in [0.4, 0.5) is 0 Å². The fourth-order valence-corrected chi connectivity index (χ4v) is 1.34. The van der Waals surface area contributed by atoms with Crippen LogP contribution in [0.15, 0.2) is 23.5 Å². The molecule has 0 aliphatic heterocycles. The molecule has 1 aliphatic rings. The molecule has 3 nitrogen and oxygen atoms in total. The number of aldehydes is 2. The first-order chi connectivity index (χ1) is 6.03. The first kappa shape index (κ1) is 9.71. The van der Waals surface area contributed by atoms with Crippen molar-refractivity contribution in [2.24, 2.45) is 11.3 Å². The molecule has 0 saturated carbocycles. The summed E-state index contributed by atoms with van der Waals surface area (Å²) in [5.41, 5.74) is -0.262. The first-order valence-corrected chi connectivity index (χ1v) is 4.06. The molecule has 0 fully saturated rings. The molecule has 0 amide bonds. The van der Waals surface area contributed by atoms with Gasteiger partial charge in [-0.3, -0.25) is 0 Å². The van der Waals surface area contributed by atoms with Gasteiger partial charge in [-0.2, -0.15) is 0 Å². The maximum atomic E-state index is 10.8. The lowest BCUT2D eigenvalue weighted by Gasteiger charge is -2.27. The summed E-state index contributed by atoms with van der Waals surface area (Å²) in [5, 5.41) is 9.38. The topological polar surface area (TPSA) is 54.4 Å². The minimum Gasteiger partial charge on any atom is -0.508 e. The largest absolute Gasteiger partial charge is 0.508 e. The summed E-state index contributed by atoms with van der Waals surface area (Å²) in [7, 11) is 0. The Morgan fingerprint density at radius 1 is 1.54 bits per heavy atom. The molecule has 70 valence electrons. The molecule has 1 N–H and O–H groups in total. The molecular formula is C10H12O3. The molecule has 0 heterocycles. The molecule has 13 heavy (non-hydrogen) atoms. The van der Waals surface area contributed by atoms with Crippen molar-refractivity contribution in [3.63, 3.8) is 0 Å². The lowest BCUT2D eigenvalue weighted by Crippen LogP contribution is -2.30. The summed E-state index contributed by atoms with van der Waals surface area (Å²) >= 11 is 0. The van der Waals surface area contributed by atoms with Crippen LogP contribution in [0.3, 0.4) is 0 Å². The molecule has 1 aliphatic carbocycles. The number of hydrogen-bond acceptors (Lipinski definition) is 3. The molecule has 0 saturated heterocycles. The lowest BCUT2D eigenvalue weighted by atomic mass is 9.74. The van der Waals surface area contributed by atoms with Crippen molar-refractivity contribution < 1.29 is 14.7 Å². The summed E-state index contributed by atoms with van der Waals surface area (Å²) < 4.78 is 0. The van der Waals surface area contributed by atoms with Crippen LogP contribution in [-0.4, -0.2) is 17.7 Å². The fourth-order valence-electron chi connectivity index (χ4n) is 1.34. The summed E-state index contributed by atoms with van der Waals surface area (Å²) in [6.07, 6.45) is 4.44. The van der Waals surface area contributed by atoms with E-state index in [4.69, 9.17) is 0 Å². The predicted molar refractivity (Wildman–Crippen MR) is 48.2 cm³/mol. The maximum absolute atomic E-state index is 10.8. The SMILES string of the molecule is CC1=CC(C=O)C(C)(C=O)C=C1O. The zero-order valence-electron chi connectivity index (χ0n) is 7.65. The van der Waals surface area contributed by atoms with E-state index in [-0.39, 0.29) is 5.76 Å². The van der Waals surface area contributed by atoms with E-state index in [1.54, 1.807) is 19.9 Å². The van der Waals surface area contributed by atoms with E-state index >= 15 is 0 Å². The first-order valence-electron chi connectivity index (χ1n) is 4.06. The number of aliphatic hydroxyl groups excluding tert-OH is 1. The molecule has 3 heteroatoms. The highest BCUT2D eigenvalue weighted by Crippen LogP contribution is 2.34. The second-order valence-electron chi connectivity index (χ2n) is 3.53. The summed E-state index contributed by atoms with van der Waals surface area (Å²) in [6.45, 7) is 3.32. The Hall–Kier alpha value is -1.38. The maximum Gasteiger partial charge on any atom is 0.130 e. The Labute approximate surface area is 76.8 Å². The Bertz CT molecular complexity index is 301. The quantitative estimate of drug-likeness (QED) is 0.653. The van der Waals surface area contributed by atoms with Gasteiger partial charge in [0.1, 0.15) is 18.3 Å². The summed E-state index contributed by atoms with van der Waals surface area (Å²) in [5.74, 6) is -0.395. The Morgan fingerprint density at radius 2 is 2.15 bits per heavy atom. The van der Waals surface area contributed by atoms with Gasteiger partial charge in [0.15, 0.2) is 0 Å². The van der Waals surface area contributed by atoms with E-state index in [0.717, 1.165) is 6.29 Å². The lowest BCUT2D eigenvalue weighted by molar-refractivity contribution is -0.120. The van der Waals surface area contributed by atoms with Gasteiger partial charge < -0.3 is 14.7 Å². The van der Waals surface area contributed by atoms with Gasteiger partial charge in [0, 0.05) is 5.92 Å². The van der Waals surface area contributed by atoms with E-state index < -0.39 is 11.3 Å². The van der Waals surface area contributed by atoms with Crippen LogP contribution in [0.5, 0.6) is 0 Å². The molecule has 0 spiro atoms. The van der Waals surface area contributed by atoms with Crippen molar-refractivity contribution >= 4 is 12.6 Å². The van der Waals surface area contributed by atoms with Gasteiger partial charge in [-0.1, -0.05) is 6.08 Å². The second kappa shape index (κ2) is 3.17. The number of rotatable bonds is 2. The van der Waals surface area contributed by atoms with E-state index in [0.29, 0.717) is 11.9 Å². The third-order valence-electron chi connectivity index (χ3n) is 2.40. The molecule has 0 bridgehead atoms. The van der Waals surface area contributed by atoms with Crippen LogP contribution in [-0.2, 0) is 9.59 Å². The Balaban J connectivity index is 3.14. The average Bonchev–Trinajstić information content (AvgIpc) is 2.11. The highest BCUT2D eigenvalue weighted by Gasteiger charge is 2.34. The second-order valence-corrected chi connectivity index (χ2v) is 3.53. The normalized spacial score (nSPS) is 33.2. The zero-order chi connectivity index (χ0) is 10.1. The van der Waals surface area contributed by atoms with Gasteiger partial charge in [-0.15, -0.1) is 0 Å². The molecule has 2 atom stereocenters. The van der Waals surface area contributed by atoms with Crippen molar-refractivity contribution in [1.29, 1.82) is 0 Å². The summed E-state index contributed by atoms with van der Waals surface area (Å²) in [6, 6.07) is 0. The monoisotopic (exact) mass is 180 g/mol.